The summed E-state index contributed by atoms with van der Waals surface area (Å²) in [6, 6.07) is 0.285. The third-order valence-electron chi connectivity index (χ3n) is 1.92. The topological polar surface area (TPSA) is 26.0 Å². The second-order valence-electron chi connectivity index (χ2n) is 3.05. The average Bonchev–Trinajstić information content (AvgIpc) is 1.81. The van der Waals surface area contributed by atoms with Gasteiger partial charge in [0.15, 0.2) is 0 Å². The molecule has 0 fully saturated rings. The van der Waals surface area contributed by atoms with Gasteiger partial charge in [0, 0.05) is 11.3 Å². The Morgan fingerprint density at radius 1 is 1.40 bits per heavy atom. The minimum Gasteiger partial charge on any atom is -0.328 e. The molecular weight excluding hydrogens is 142 g/mol. The van der Waals surface area contributed by atoms with E-state index < -0.39 is 0 Å². The van der Waals surface area contributed by atoms with E-state index in [1.54, 1.807) is 0 Å². The van der Waals surface area contributed by atoms with Crippen molar-refractivity contribution in [2.75, 3.05) is 0 Å². The number of hydrogen-bond acceptors (Lipinski definition) is 2. The number of thiol groups is 1. The maximum Gasteiger partial charge on any atom is 0.00491 e. The van der Waals surface area contributed by atoms with Crippen molar-refractivity contribution in [2.45, 2.75) is 44.9 Å². The van der Waals surface area contributed by atoms with Gasteiger partial charge in [-0.3, -0.25) is 0 Å². The Kier molecular flexibility index (Phi) is 5.18. The summed E-state index contributed by atoms with van der Waals surface area (Å²) in [5.41, 5.74) is 5.77. The summed E-state index contributed by atoms with van der Waals surface area (Å²) in [6.07, 6.45) is 2.40. The van der Waals surface area contributed by atoms with Crippen molar-refractivity contribution in [3.63, 3.8) is 0 Å². The van der Waals surface area contributed by atoms with Crippen LogP contribution in [0.15, 0.2) is 0 Å². The van der Waals surface area contributed by atoms with Gasteiger partial charge in [0.1, 0.15) is 0 Å². The fourth-order valence-electron chi connectivity index (χ4n) is 1.28. The molecule has 0 aliphatic carbocycles. The van der Waals surface area contributed by atoms with Crippen molar-refractivity contribution in [3.05, 3.63) is 0 Å². The van der Waals surface area contributed by atoms with Crippen LogP contribution in [0.25, 0.3) is 0 Å². The highest BCUT2D eigenvalue weighted by Gasteiger charge is 2.16. The standard InChI is InChI=1S/C8H19NS/c1-4-5-8(6(2)9)7(3)10/h6-8,10H,4-5,9H2,1-3H3. The van der Waals surface area contributed by atoms with Gasteiger partial charge in [-0.2, -0.15) is 12.6 Å². The minimum atomic E-state index is 0.285. The molecule has 0 aromatic rings. The third-order valence-corrected chi connectivity index (χ3v) is 2.30. The smallest absolute Gasteiger partial charge is 0.00491 e. The molecule has 10 heavy (non-hydrogen) atoms. The van der Waals surface area contributed by atoms with Crippen LogP contribution >= 0.6 is 12.6 Å². The lowest BCUT2D eigenvalue weighted by molar-refractivity contribution is 0.408. The maximum absolute atomic E-state index is 5.77. The second-order valence-corrected chi connectivity index (χ2v) is 3.87. The van der Waals surface area contributed by atoms with E-state index in [2.05, 4.69) is 33.4 Å². The van der Waals surface area contributed by atoms with Crippen molar-refractivity contribution in [1.29, 1.82) is 0 Å². The second kappa shape index (κ2) is 5.03. The molecule has 2 N–H and O–H groups in total. The Labute approximate surface area is 69.8 Å². The Hall–Kier alpha value is 0.310. The van der Waals surface area contributed by atoms with E-state index in [9.17, 15) is 0 Å². The van der Waals surface area contributed by atoms with Crippen molar-refractivity contribution in [1.82, 2.24) is 0 Å². The highest BCUT2D eigenvalue weighted by Crippen LogP contribution is 2.18. The number of nitrogens with two attached hydrogens (primary N) is 1. The van der Waals surface area contributed by atoms with E-state index in [-0.39, 0.29) is 6.04 Å². The molecule has 0 aromatic heterocycles. The van der Waals surface area contributed by atoms with Gasteiger partial charge in [0.25, 0.3) is 0 Å². The fourth-order valence-corrected chi connectivity index (χ4v) is 1.70. The van der Waals surface area contributed by atoms with Crippen LogP contribution in [0.3, 0.4) is 0 Å². The van der Waals surface area contributed by atoms with E-state index >= 15 is 0 Å². The van der Waals surface area contributed by atoms with Crippen molar-refractivity contribution in [3.8, 4) is 0 Å². The molecular formula is C8H19NS. The lowest BCUT2D eigenvalue weighted by Gasteiger charge is -2.23. The molecule has 0 saturated carbocycles. The Bertz CT molecular complexity index is 73.3. The third kappa shape index (κ3) is 3.47. The predicted molar refractivity (Wildman–Crippen MR) is 50.5 cm³/mol. The van der Waals surface area contributed by atoms with Crippen molar-refractivity contribution >= 4 is 12.6 Å². The zero-order valence-electron chi connectivity index (χ0n) is 7.17. The van der Waals surface area contributed by atoms with Gasteiger partial charge in [0.05, 0.1) is 0 Å². The maximum atomic E-state index is 5.77. The summed E-state index contributed by atoms with van der Waals surface area (Å²) in [5.74, 6) is 0.577. The summed E-state index contributed by atoms with van der Waals surface area (Å²) in [5, 5.41) is 0.431. The summed E-state index contributed by atoms with van der Waals surface area (Å²) < 4.78 is 0. The molecule has 0 spiro atoms. The van der Waals surface area contributed by atoms with Gasteiger partial charge in [-0.25, -0.2) is 0 Å². The van der Waals surface area contributed by atoms with Crippen LogP contribution in [0.1, 0.15) is 33.6 Å². The first-order valence-corrected chi connectivity index (χ1v) is 4.54. The van der Waals surface area contributed by atoms with E-state index in [1.165, 1.54) is 12.8 Å². The van der Waals surface area contributed by atoms with E-state index in [4.69, 9.17) is 5.73 Å². The average molecular weight is 161 g/mol. The highest BCUT2D eigenvalue weighted by atomic mass is 32.1. The molecule has 2 heteroatoms. The van der Waals surface area contributed by atoms with Crippen molar-refractivity contribution in [2.24, 2.45) is 11.7 Å². The van der Waals surface area contributed by atoms with E-state index in [1.807, 2.05) is 0 Å². The molecule has 0 aromatic carbocycles. The molecule has 0 saturated heterocycles. The predicted octanol–water partition coefficient (Wildman–Crippen LogP) is 2.07. The SMILES string of the molecule is CCCC(C(C)N)C(C)S. The molecule has 0 radical (unpaired) electrons. The summed E-state index contributed by atoms with van der Waals surface area (Å²) in [4.78, 5) is 0. The first kappa shape index (κ1) is 10.3. The number of hydrogen-bond donors (Lipinski definition) is 2. The molecule has 0 aliphatic rings. The molecule has 0 rings (SSSR count). The molecule has 3 unspecified atom stereocenters. The lowest BCUT2D eigenvalue weighted by Crippen LogP contribution is -2.31. The van der Waals surface area contributed by atoms with Crippen LogP contribution < -0.4 is 5.73 Å². The fraction of sp³-hybridized carbons (Fsp3) is 1.00. The zero-order valence-corrected chi connectivity index (χ0v) is 8.07. The van der Waals surface area contributed by atoms with Gasteiger partial charge in [-0.05, 0) is 19.3 Å². The summed E-state index contributed by atoms with van der Waals surface area (Å²) in [6.45, 7) is 6.37. The lowest BCUT2D eigenvalue weighted by atomic mass is 9.94. The van der Waals surface area contributed by atoms with Gasteiger partial charge in [-0.15, -0.1) is 0 Å². The van der Waals surface area contributed by atoms with E-state index in [0.717, 1.165) is 0 Å². The van der Waals surface area contributed by atoms with Crippen LogP contribution in [-0.2, 0) is 0 Å². The van der Waals surface area contributed by atoms with Crippen LogP contribution in [-0.4, -0.2) is 11.3 Å². The summed E-state index contributed by atoms with van der Waals surface area (Å²) in [7, 11) is 0. The first-order chi connectivity index (χ1) is 4.59. The van der Waals surface area contributed by atoms with Gasteiger partial charge >= 0.3 is 0 Å². The minimum absolute atomic E-state index is 0.285. The van der Waals surface area contributed by atoms with Crippen LogP contribution in [0.5, 0.6) is 0 Å². The zero-order chi connectivity index (χ0) is 8.15. The first-order valence-electron chi connectivity index (χ1n) is 4.03. The largest absolute Gasteiger partial charge is 0.328 e. The quantitative estimate of drug-likeness (QED) is 0.607. The van der Waals surface area contributed by atoms with Crippen LogP contribution in [0.2, 0.25) is 0 Å². The Morgan fingerprint density at radius 2 is 1.90 bits per heavy atom. The normalized spacial score (nSPS) is 20.1. The number of rotatable bonds is 4. The van der Waals surface area contributed by atoms with Crippen LogP contribution in [0.4, 0.5) is 0 Å². The Balaban J connectivity index is 3.73. The molecule has 62 valence electrons. The summed E-state index contributed by atoms with van der Waals surface area (Å²) >= 11 is 4.39. The molecule has 0 bridgehead atoms. The monoisotopic (exact) mass is 161 g/mol. The molecule has 0 aliphatic heterocycles. The highest BCUT2D eigenvalue weighted by molar-refractivity contribution is 7.80. The van der Waals surface area contributed by atoms with Crippen molar-refractivity contribution < 1.29 is 0 Å². The van der Waals surface area contributed by atoms with Crippen LogP contribution in [0, 0.1) is 5.92 Å². The van der Waals surface area contributed by atoms with Gasteiger partial charge in [-0.1, -0.05) is 20.3 Å². The molecule has 0 amide bonds. The Morgan fingerprint density at radius 3 is 2.00 bits per heavy atom. The van der Waals surface area contributed by atoms with Gasteiger partial charge in [0.2, 0.25) is 0 Å². The van der Waals surface area contributed by atoms with Gasteiger partial charge < -0.3 is 5.73 Å². The molecule has 3 atom stereocenters. The van der Waals surface area contributed by atoms with E-state index in [0.29, 0.717) is 11.2 Å². The molecule has 1 nitrogen and oxygen atoms in total. The molecule has 0 heterocycles.